The number of pyridine rings is 1. The molecule has 1 fully saturated rings. The summed E-state index contributed by atoms with van der Waals surface area (Å²) in [6.07, 6.45) is 0.0859. The number of aromatic nitrogens is 1. The number of fused-ring (bicyclic) bond motifs is 1. The molecule has 1 amide bonds. The molecule has 0 bridgehead atoms. The Morgan fingerprint density at radius 3 is 2.64 bits per heavy atom. The molecule has 0 atom stereocenters. The topological polar surface area (TPSA) is 66.2 Å². The molecule has 1 aliphatic carbocycles. The Morgan fingerprint density at radius 2 is 1.97 bits per heavy atom. The maximum atomic E-state index is 13.2. The minimum Gasteiger partial charge on any atom is -0.490 e. The molecule has 1 saturated carbocycles. The number of carbonyl (C=O) groups excluding carboxylic acids is 1. The van der Waals surface area contributed by atoms with Crippen LogP contribution in [-0.2, 0) is 19.1 Å². The largest absolute Gasteiger partial charge is 0.490 e. The monoisotopic (exact) mass is 453 g/mol. The van der Waals surface area contributed by atoms with Crippen LogP contribution < -0.4 is 4.74 Å². The van der Waals surface area contributed by atoms with Gasteiger partial charge in [0, 0.05) is 18.7 Å². The fraction of sp³-hybridized carbons (Fsp3) is 0.400. The summed E-state index contributed by atoms with van der Waals surface area (Å²) in [4.78, 5) is 19.3. The van der Waals surface area contributed by atoms with Gasteiger partial charge in [-0.2, -0.15) is 18.4 Å². The minimum atomic E-state index is -4.62. The number of nitriles is 1. The molecule has 33 heavy (non-hydrogen) atoms. The van der Waals surface area contributed by atoms with Crippen LogP contribution in [0.1, 0.15) is 65.3 Å². The fourth-order valence-electron chi connectivity index (χ4n) is 4.41. The van der Waals surface area contributed by atoms with E-state index in [1.807, 2.05) is 11.0 Å². The summed E-state index contributed by atoms with van der Waals surface area (Å²) in [5.41, 5.74) is 0.888. The van der Waals surface area contributed by atoms with Gasteiger partial charge in [0.05, 0.1) is 41.1 Å². The highest BCUT2D eigenvalue weighted by atomic mass is 19.4. The van der Waals surface area contributed by atoms with Gasteiger partial charge in [0.2, 0.25) is 0 Å². The van der Waals surface area contributed by atoms with Crippen LogP contribution in [0.2, 0.25) is 0 Å². The first-order chi connectivity index (χ1) is 15.8. The molecule has 2 aliphatic rings. The average molecular weight is 453 g/mol. The van der Waals surface area contributed by atoms with Gasteiger partial charge in [-0.25, -0.2) is 0 Å². The summed E-state index contributed by atoms with van der Waals surface area (Å²) in [7, 11) is 0. The highest BCUT2D eigenvalue weighted by molar-refractivity contribution is 5.98. The van der Waals surface area contributed by atoms with Crippen LogP contribution in [0, 0.1) is 23.2 Å². The first-order valence-corrected chi connectivity index (χ1v) is 10.8. The molecular formula is C25H22F3N3O2. The van der Waals surface area contributed by atoms with Crippen LogP contribution in [0.5, 0.6) is 5.75 Å². The van der Waals surface area contributed by atoms with E-state index < -0.39 is 17.3 Å². The third-order valence-corrected chi connectivity index (χ3v) is 6.11. The first kappa shape index (κ1) is 22.7. The SMILES string of the molecule is CC#CCc1cnc2c(c1)C(=O)N([C@H]1CC[C@H](Oc3ccc(C#N)c(C(F)(F)F)c3)CC1)C2. The highest BCUT2D eigenvalue weighted by Gasteiger charge is 2.37. The van der Waals surface area contributed by atoms with Gasteiger partial charge in [-0.3, -0.25) is 9.78 Å². The second-order valence-electron chi connectivity index (χ2n) is 8.24. The average Bonchev–Trinajstić information content (AvgIpc) is 3.13. The van der Waals surface area contributed by atoms with E-state index in [-0.39, 0.29) is 23.8 Å². The standard InChI is InChI=1S/C25H22F3N3O2/c1-2-3-4-16-11-21-23(30-14-16)15-31(24(21)32)18-6-9-19(10-7-18)33-20-8-5-17(13-29)22(12-20)25(26,27)28/h5,8,11-12,14,18-19H,4,6-7,9-10,15H2,1H3/t18-,19-. The van der Waals surface area contributed by atoms with Gasteiger partial charge in [0.25, 0.3) is 5.91 Å². The summed E-state index contributed by atoms with van der Waals surface area (Å²) < 4.78 is 45.4. The lowest BCUT2D eigenvalue weighted by Gasteiger charge is -2.34. The lowest BCUT2D eigenvalue weighted by atomic mass is 9.92. The van der Waals surface area contributed by atoms with Crippen molar-refractivity contribution in [3.05, 3.63) is 58.4 Å². The molecule has 0 radical (unpaired) electrons. The molecule has 170 valence electrons. The van der Waals surface area contributed by atoms with Crippen LogP contribution in [0.15, 0.2) is 30.5 Å². The van der Waals surface area contributed by atoms with Gasteiger partial charge in [0.15, 0.2) is 0 Å². The lowest BCUT2D eigenvalue weighted by Crippen LogP contribution is -2.40. The first-order valence-electron chi connectivity index (χ1n) is 10.8. The molecule has 0 saturated heterocycles. The fourth-order valence-corrected chi connectivity index (χ4v) is 4.41. The third kappa shape index (κ3) is 4.80. The third-order valence-electron chi connectivity index (χ3n) is 6.11. The van der Waals surface area contributed by atoms with Gasteiger partial charge in [-0.15, -0.1) is 5.92 Å². The van der Waals surface area contributed by atoms with Crippen molar-refractivity contribution >= 4 is 5.91 Å². The molecule has 2 aromatic rings. The predicted octanol–water partition coefficient (Wildman–Crippen LogP) is 4.88. The van der Waals surface area contributed by atoms with E-state index in [9.17, 15) is 18.0 Å². The Balaban J connectivity index is 1.38. The molecule has 1 aromatic heterocycles. The zero-order chi connectivity index (χ0) is 23.6. The number of halogens is 3. The number of nitrogens with zero attached hydrogens (tertiary/aromatic N) is 3. The van der Waals surface area contributed by atoms with Crippen molar-refractivity contribution < 1.29 is 22.7 Å². The van der Waals surface area contributed by atoms with Gasteiger partial charge in [0.1, 0.15) is 5.75 Å². The quantitative estimate of drug-likeness (QED) is 0.619. The minimum absolute atomic E-state index is 0.0323. The van der Waals surface area contributed by atoms with E-state index in [4.69, 9.17) is 10.00 Å². The Labute approximate surface area is 190 Å². The lowest BCUT2D eigenvalue weighted by molar-refractivity contribution is -0.137. The van der Waals surface area contributed by atoms with E-state index in [0.717, 1.165) is 23.4 Å². The molecule has 0 spiro atoms. The summed E-state index contributed by atoms with van der Waals surface area (Å²) in [6, 6.07) is 6.90. The maximum absolute atomic E-state index is 13.2. The van der Waals surface area contributed by atoms with Crippen molar-refractivity contribution in [2.45, 2.75) is 63.9 Å². The molecular weight excluding hydrogens is 431 g/mol. The second-order valence-corrected chi connectivity index (χ2v) is 8.24. The summed E-state index contributed by atoms with van der Waals surface area (Å²) >= 11 is 0. The van der Waals surface area contributed by atoms with Gasteiger partial charge in [-0.05, 0) is 62.4 Å². The number of hydrogen-bond donors (Lipinski definition) is 0. The number of ether oxygens (including phenoxy) is 1. The summed E-state index contributed by atoms with van der Waals surface area (Å²) in [5.74, 6) is 5.89. The van der Waals surface area contributed by atoms with Crippen molar-refractivity contribution in [1.29, 1.82) is 5.26 Å². The molecule has 0 N–H and O–H groups in total. The number of hydrogen-bond acceptors (Lipinski definition) is 4. The number of alkyl halides is 3. The Bertz CT molecular complexity index is 1170. The van der Waals surface area contributed by atoms with Crippen molar-refractivity contribution in [3.63, 3.8) is 0 Å². The second kappa shape index (κ2) is 9.15. The van der Waals surface area contributed by atoms with Gasteiger partial charge >= 0.3 is 6.18 Å². The zero-order valence-corrected chi connectivity index (χ0v) is 18.1. The zero-order valence-electron chi connectivity index (χ0n) is 18.1. The predicted molar refractivity (Wildman–Crippen MR) is 114 cm³/mol. The van der Waals surface area contributed by atoms with Gasteiger partial charge in [-0.1, -0.05) is 5.92 Å². The maximum Gasteiger partial charge on any atom is 0.417 e. The van der Waals surface area contributed by atoms with Crippen molar-refractivity contribution in [2.75, 3.05) is 0 Å². The molecule has 0 unspecified atom stereocenters. The summed E-state index contributed by atoms with van der Waals surface area (Å²) in [6.45, 7) is 2.24. The smallest absolute Gasteiger partial charge is 0.417 e. The van der Waals surface area contributed by atoms with E-state index >= 15 is 0 Å². The molecule has 1 aromatic carbocycles. The van der Waals surface area contributed by atoms with Crippen LogP contribution in [0.25, 0.3) is 0 Å². The van der Waals surface area contributed by atoms with Crippen LogP contribution >= 0.6 is 0 Å². The van der Waals surface area contributed by atoms with Crippen molar-refractivity contribution in [2.24, 2.45) is 0 Å². The van der Waals surface area contributed by atoms with Crippen LogP contribution in [0.4, 0.5) is 13.2 Å². The molecule has 5 nitrogen and oxygen atoms in total. The molecule has 1 aliphatic heterocycles. The Morgan fingerprint density at radius 1 is 1.21 bits per heavy atom. The van der Waals surface area contributed by atoms with Crippen LogP contribution in [0.3, 0.4) is 0 Å². The number of benzene rings is 1. The van der Waals surface area contributed by atoms with E-state index in [2.05, 4.69) is 16.8 Å². The van der Waals surface area contributed by atoms with Crippen LogP contribution in [-0.4, -0.2) is 27.9 Å². The number of amides is 1. The van der Waals surface area contributed by atoms with E-state index in [1.54, 1.807) is 19.2 Å². The van der Waals surface area contributed by atoms with E-state index in [1.165, 1.54) is 6.07 Å². The molecule has 4 rings (SSSR count). The number of carbonyl (C=O) groups is 1. The van der Waals surface area contributed by atoms with Crippen molar-refractivity contribution in [3.8, 4) is 23.7 Å². The molecule has 8 heteroatoms. The van der Waals surface area contributed by atoms with E-state index in [0.29, 0.717) is 44.2 Å². The van der Waals surface area contributed by atoms with Gasteiger partial charge < -0.3 is 9.64 Å². The Kier molecular flexibility index (Phi) is 6.29. The normalized spacial score (nSPS) is 20.0. The van der Waals surface area contributed by atoms with Crippen molar-refractivity contribution in [1.82, 2.24) is 9.88 Å². The number of rotatable bonds is 4. The highest BCUT2D eigenvalue weighted by Crippen LogP contribution is 2.36. The Hall–Kier alpha value is -3.52. The molecule has 2 heterocycles. The summed E-state index contributed by atoms with van der Waals surface area (Å²) in [5, 5.41) is 8.93.